The number of carbonyl (C=O) groups excluding carboxylic acids is 2. The van der Waals surface area contributed by atoms with Gasteiger partial charge >= 0.3 is 11.9 Å². The summed E-state index contributed by atoms with van der Waals surface area (Å²) in [4.78, 5) is 33.3. The van der Waals surface area contributed by atoms with Crippen molar-refractivity contribution in [3.05, 3.63) is 12.2 Å². The lowest BCUT2D eigenvalue weighted by Gasteiger charge is -2.03. The molecule has 0 fully saturated rings. The molecule has 0 radical (unpaired) electrons. The molecule has 0 saturated heterocycles. The Labute approximate surface area is 202 Å². The summed E-state index contributed by atoms with van der Waals surface area (Å²) in [6, 6.07) is 0. The second-order valence-electron chi connectivity index (χ2n) is 9.21. The SMILES string of the molecule is COC(=O)CCCCCCCC=CCCCCCCCCC(=O)CCCCCCCC(=O)O. The van der Waals surface area contributed by atoms with Gasteiger partial charge in [0.25, 0.3) is 0 Å². The van der Waals surface area contributed by atoms with Crippen LogP contribution >= 0.6 is 0 Å². The molecular formula is C28H50O5. The Balaban J connectivity index is 3.24. The van der Waals surface area contributed by atoms with Gasteiger partial charge in [-0.2, -0.15) is 0 Å². The number of carboxylic acid groups (broad SMARTS) is 1. The first-order valence-electron chi connectivity index (χ1n) is 13.5. The quantitative estimate of drug-likeness (QED) is 0.0838. The van der Waals surface area contributed by atoms with Crippen molar-refractivity contribution in [1.82, 2.24) is 0 Å². The number of methoxy groups -OCH3 is 1. The molecule has 0 amide bonds. The van der Waals surface area contributed by atoms with Crippen molar-refractivity contribution in [3.8, 4) is 0 Å². The van der Waals surface area contributed by atoms with Gasteiger partial charge in [0.1, 0.15) is 5.78 Å². The zero-order chi connectivity index (χ0) is 24.4. The van der Waals surface area contributed by atoms with E-state index in [9.17, 15) is 14.4 Å². The second kappa shape index (κ2) is 25.0. The lowest BCUT2D eigenvalue weighted by molar-refractivity contribution is -0.141. The van der Waals surface area contributed by atoms with Crippen LogP contribution in [0.15, 0.2) is 12.2 Å². The van der Waals surface area contributed by atoms with E-state index in [-0.39, 0.29) is 12.4 Å². The van der Waals surface area contributed by atoms with E-state index in [4.69, 9.17) is 5.11 Å². The van der Waals surface area contributed by atoms with E-state index in [1.807, 2.05) is 0 Å². The molecular weight excluding hydrogens is 416 g/mol. The third-order valence-corrected chi connectivity index (χ3v) is 6.07. The number of hydrogen-bond acceptors (Lipinski definition) is 4. The first kappa shape index (κ1) is 31.4. The normalized spacial score (nSPS) is 11.2. The molecule has 0 atom stereocenters. The highest BCUT2D eigenvalue weighted by Crippen LogP contribution is 2.13. The number of hydrogen-bond donors (Lipinski definition) is 1. The van der Waals surface area contributed by atoms with Crippen LogP contribution in [0.2, 0.25) is 0 Å². The van der Waals surface area contributed by atoms with Crippen LogP contribution in [0.1, 0.15) is 141 Å². The van der Waals surface area contributed by atoms with E-state index in [0.717, 1.165) is 70.6 Å². The lowest BCUT2D eigenvalue weighted by Crippen LogP contribution is -1.98. The highest BCUT2D eigenvalue weighted by Gasteiger charge is 2.03. The minimum absolute atomic E-state index is 0.0981. The van der Waals surface area contributed by atoms with Gasteiger partial charge in [-0.3, -0.25) is 14.4 Å². The number of rotatable bonds is 25. The molecule has 5 nitrogen and oxygen atoms in total. The Morgan fingerprint density at radius 3 is 1.33 bits per heavy atom. The van der Waals surface area contributed by atoms with Crippen LogP contribution in [0.25, 0.3) is 0 Å². The predicted molar refractivity (Wildman–Crippen MR) is 135 cm³/mol. The van der Waals surface area contributed by atoms with Gasteiger partial charge in [0.05, 0.1) is 7.11 Å². The van der Waals surface area contributed by atoms with Crippen molar-refractivity contribution in [3.63, 3.8) is 0 Å². The zero-order valence-electron chi connectivity index (χ0n) is 21.3. The zero-order valence-corrected chi connectivity index (χ0v) is 21.3. The van der Waals surface area contributed by atoms with Crippen LogP contribution in [0, 0.1) is 0 Å². The van der Waals surface area contributed by atoms with Crippen LogP contribution in [-0.4, -0.2) is 29.9 Å². The minimum atomic E-state index is -0.717. The molecule has 33 heavy (non-hydrogen) atoms. The molecule has 0 aliphatic carbocycles. The molecule has 0 spiro atoms. The summed E-state index contributed by atoms with van der Waals surface area (Å²) >= 11 is 0. The number of ketones is 1. The average Bonchev–Trinajstić information content (AvgIpc) is 2.79. The molecule has 0 aromatic rings. The first-order chi connectivity index (χ1) is 16.1. The molecule has 0 aliphatic rings. The number of ether oxygens (including phenoxy) is 1. The van der Waals surface area contributed by atoms with Crippen LogP contribution in [0.4, 0.5) is 0 Å². The standard InChI is InChI=1S/C28H50O5/c1-33-28(32)25-21-17-12-10-8-6-4-2-3-5-7-9-11-14-18-22-26(29)23-19-15-13-16-20-24-27(30)31/h2,4H,3,5-25H2,1H3,(H,30,31). The molecule has 0 bridgehead atoms. The maximum Gasteiger partial charge on any atom is 0.305 e. The van der Waals surface area contributed by atoms with Crippen LogP contribution in [0.5, 0.6) is 0 Å². The first-order valence-corrected chi connectivity index (χ1v) is 13.5. The fraction of sp³-hybridized carbons (Fsp3) is 0.821. The number of carboxylic acids is 1. The van der Waals surface area contributed by atoms with Gasteiger partial charge in [-0.1, -0.05) is 76.4 Å². The molecule has 0 unspecified atom stereocenters. The van der Waals surface area contributed by atoms with E-state index in [0.29, 0.717) is 18.6 Å². The Hall–Kier alpha value is -1.65. The predicted octanol–water partition coefficient (Wildman–Crippen LogP) is 7.95. The van der Waals surface area contributed by atoms with E-state index >= 15 is 0 Å². The molecule has 0 saturated carbocycles. The van der Waals surface area contributed by atoms with Gasteiger partial charge in [-0.15, -0.1) is 0 Å². The van der Waals surface area contributed by atoms with Crippen LogP contribution in [0.3, 0.4) is 0 Å². The van der Waals surface area contributed by atoms with Crippen LogP contribution in [-0.2, 0) is 19.1 Å². The molecule has 192 valence electrons. The van der Waals surface area contributed by atoms with Crippen molar-refractivity contribution >= 4 is 17.7 Å². The topological polar surface area (TPSA) is 80.7 Å². The van der Waals surface area contributed by atoms with Gasteiger partial charge < -0.3 is 9.84 Å². The monoisotopic (exact) mass is 466 g/mol. The summed E-state index contributed by atoms with van der Waals surface area (Å²) in [5.41, 5.74) is 0. The summed E-state index contributed by atoms with van der Waals surface area (Å²) in [5.74, 6) is -0.420. The van der Waals surface area contributed by atoms with Gasteiger partial charge in [-0.05, 0) is 51.4 Å². The summed E-state index contributed by atoms with van der Waals surface area (Å²) in [6.07, 6.45) is 26.9. The van der Waals surface area contributed by atoms with E-state index in [1.165, 1.54) is 58.5 Å². The van der Waals surface area contributed by atoms with Gasteiger partial charge in [0.15, 0.2) is 0 Å². The molecule has 0 aromatic carbocycles. The van der Waals surface area contributed by atoms with Gasteiger partial charge in [0.2, 0.25) is 0 Å². The number of unbranched alkanes of at least 4 members (excludes halogenated alkanes) is 15. The van der Waals surface area contributed by atoms with Crippen molar-refractivity contribution in [2.45, 2.75) is 141 Å². The third kappa shape index (κ3) is 26.5. The molecule has 0 aromatic heterocycles. The number of aliphatic carboxylic acids is 1. The average molecular weight is 467 g/mol. The fourth-order valence-electron chi connectivity index (χ4n) is 3.94. The number of allylic oxidation sites excluding steroid dienone is 2. The molecule has 0 heterocycles. The molecule has 1 N–H and O–H groups in total. The smallest absolute Gasteiger partial charge is 0.305 e. The Bertz CT molecular complexity index is 512. The molecule has 5 heteroatoms. The number of Topliss-reactive ketones (excluding diaryl/α,β-unsaturated/α-hetero) is 1. The minimum Gasteiger partial charge on any atom is -0.481 e. The fourth-order valence-corrected chi connectivity index (χ4v) is 3.94. The third-order valence-electron chi connectivity index (χ3n) is 6.07. The highest BCUT2D eigenvalue weighted by molar-refractivity contribution is 5.78. The van der Waals surface area contributed by atoms with E-state index in [2.05, 4.69) is 16.9 Å². The summed E-state index contributed by atoms with van der Waals surface area (Å²) in [5, 5.41) is 8.58. The largest absolute Gasteiger partial charge is 0.481 e. The summed E-state index contributed by atoms with van der Waals surface area (Å²) < 4.78 is 4.64. The van der Waals surface area contributed by atoms with Crippen molar-refractivity contribution < 1.29 is 24.2 Å². The van der Waals surface area contributed by atoms with E-state index in [1.54, 1.807) is 0 Å². The van der Waals surface area contributed by atoms with E-state index < -0.39 is 5.97 Å². The summed E-state index contributed by atoms with van der Waals surface area (Å²) in [6.45, 7) is 0. The maximum absolute atomic E-state index is 11.9. The Morgan fingerprint density at radius 1 is 0.545 bits per heavy atom. The van der Waals surface area contributed by atoms with Crippen molar-refractivity contribution in [1.29, 1.82) is 0 Å². The van der Waals surface area contributed by atoms with Crippen molar-refractivity contribution in [2.75, 3.05) is 7.11 Å². The van der Waals surface area contributed by atoms with Gasteiger partial charge in [0, 0.05) is 25.7 Å². The number of esters is 1. The number of carbonyl (C=O) groups is 3. The Morgan fingerprint density at radius 2 is 0.909 bits per heavy atom. The Kier molecular flexibility index (Phi) is 23.7. The maximum atomic E-state index is 11.9. The van der Waals surface area contributed by atoms with Gasteiger partial charge in [-0.25, -0.2) is 0 Å². The molecule has 0 rings (SSSR count). The van der Waals surface area contributed by atoms with Crippen molar-refractivity contribution in [2.24, 2.45) is 0 Å². The molecule has 0 aliphatic heterocycles. The van der Waals surface area contributed by atoms with Crippen LogP contribution < -0.4 is 0 Å². The summed E-state index contributed by atoms with van der Waals surface area (Å²) in [7, 11) is 1.45. The second-order valence-corrected chi connectivity index (χ2v) is 9.21. The lowest BCUT2D eigenvalue weighted by atomic mass is 10.0. The highest BCUT2D eigenvalue weighted by atomic mass is 16.5.